The summed E-state index contributed by atoms with van der Waals surface area (Å²) in [6.07, 6.45) is 0. The van der Waals surface area contributed by atoms with E-state index in [9.17, 15) is 4.79 Å². The van der Waals surface area contributed by atoms with Gasteiger partial charge in [-0.05, 0) is 24.6 Å². The first-order chi connectivity index (χ1) is 8.99. The molecule has 1 aromatic heterocycles. The molecule has 0 fully saturated rings. The number of aromatic nitrogens is 2. The molecular formula is C14H16ClN3O. The molecule has 0 saturated carbocycles. The van der Waals surface area contributed by atoms with Gasteiger partial charge < -0.3 is 4.90 Å². The SMILES string of the molecule is Cc1cc(C(=O)N(C)Cc2ccccc2Cl)n(C)n1. The van der Waals surface area contributed by atoms with Gasteiger partial charge in [0.25, 0.3) is 5.91 Å². The van der Waals surface area contributed by atoms with Crippen LogP contribution in [-0.2, 0) is 13.6 Å². The number of nitrogens with zero attached hydrogens (tertiary/aromatic N) is 3. The molecular weight excluding hydrogens is 262 g/mol. The Morgan fingerprint density at radius 3 is 2.68 bits per heavy atom. The van der Waals surface area contributed by atoms with E-state index in [-0.39, 0.29) is 5.91 Å². The van der Waals surface area contributed by atoms with Gasteiger partial charge in [-0.1, -0.05) is 29.8 Å². The largest absolute Gasteiger partial charge is 0.336 e. The number of aryl methyl sites for hydroxylation is 2. The average Bonchev–Trinajstić information content (AvgIpc) is 2.70. The van der Waals surface area contributed by atoms with Crippen molar-refractivity contribution >= 4 is 17.5 Å². The number of hydrogen-bond donors (Lipinski definition) is 0. The molecule has 0 radical (unpaired) electrons. The van der Waals surface area contributed by atoms with Gasteiger partial charge in [0, 0.05) is 25.7 Å². The minimum atomic E-state index is -0.0666. The van der Waals surface area contributed by atoms with Crippen LogP contribution in [0.4, 0.5) is 0 Å². The molecule has 1 aromatic carbocycles. The zero-order chi connectivity index (χ0) is 14.0. The van der Waals surface area contributed by atoms with E-state index in [0.717, 1.165) is 11.3 Å². The first-order valence-corrected chi connectivity index (χ1v) is 6.36. The number of hydrogen-bond acceptors (Lipinski definition) is 2. The Morgan fingerprint density at radius 1 is 1.42 bits per heavy atom. The molecule has 0 N–H and O–H groups in total. The van der Waals surface area contributed by atoms with E-state index >= 15 is 0 Å². The van der Waals surface area contributed by atoms with Gasteiger partial charge >= 0.3 is 0 Å². The molecule has 100 valence electrons. The van der Waals surface area contributed by atoms with Crippen LogP contribution in [0.25, 0.3) is 0 Å². The lowest BCUT2D eigenvalue weighted by atomic mass is 10.2. The lowest BCUT2D eigenvalue weighted by Crippen LogP contribution is -2.28. The molecule has 0 unspecified atom stereocenters. The number of amides is 1. The summed E-state index contributed by atoms with van der Waals surface area (Å²) in [6.45, 7) is 2.34. The third kappa shape index (κ3) is 2.96. The van der Waals surface area contributed by atoms with Gasteiger partial charge in [-0.3, -0.25) is 9.48 Å². The van der Waals surface area contributed by atoms with Crippen LogP contribution in [0.5, 0.6) is 0 Å². The van der Waals surface area contributed by atoms with E-state index in [1.807, 2.05) is 31.2 Å². The van der Waals surface area contributed by atoms with E-state index in [0.29, 0.717) is 17.3 Å². The zero-order valence-corrected chi connectivity index (χ0v) is 12.0. The van der Waals surface area contributed by atoms with Crippen LogP contribution in [0.2, 0.25) is 5.02 Å². The maximum absolute atomic E-state index is 12.3. The minimum Gasteiger partial charge on any atom is -0.336 e. The van der Waals surface area contributed by atoms with Crippen LogP contribution >= 0.6 is 11.6 Å². The average molecular weight is 278 g/mol. The van der Waals surface area contributed by atoms with E-state index in [4.69, 9.17) is 11.6 Å². The molecule has 4 nitrogen and oxygen atoms in total. The highest BCUT2D eigenvalue weighted by atomic mass is 35.5. The number of carbonyl (C=O) groups is 1. The molecule has 2 aromatic rings. The van der Waals surface area contributed by atoms with Crippen LogP contribution in [0.1, 0.15) is 21.7 Å². The maximum atomic E-state index is 12.3. The molecule has 1 heterocycles. The van der Waals surface area contributed by atoms with Gasteiger partial charge in [0.15, 0.2) is 0 Å². The third-order valence-electron chi connectivity index (χ3n) is 2.93. The second-order valence-electron chi connectivity index (χ2n) is 4.55. The first kappa shape index (κ1) is 13.6. The Morgan fingerprint density at radius 2 is 2.11 bits per heavy atom. The second kappa shape index (κ2) is 5.45. The van der Waals surface area contributed by atoms with Crippen molar-refractivity contribution in [2.24, 2.45) is 7.05 Å². The van der Waals surface area contributed by atoms with Gasteiger partial charge in [0.2, 0.25) is 0 Å². The molecule has 0 aliphatic carbocycles. The molecule has 19 heavy (non-hydrogen) atoms. The van der Waals surface area contributed by atoms with E-state index in [2.05, 4.69) is 5.10 Å². The summed E-state index contributed by atoms with van der Waals surface area (Å²) in [6, 6.07) is 9.31. The maximum Gasteiger partial charge on any atom is 0.272 e. The lowest BCUT2D eigenvalue weighted by molar-refractivity contribution is 0.0774. The highest BCUT2D eigenvalue weighted by Gasteiger charge is 2.17. The molecule has 1 amide bonds. The Bertz CT molecular complexity index is 606. The molecule has 0 aliphatic rings. The quantitative estimate of drug-likeness (QED) is 0.865. The summed E-state index contributed by atoms with van der Waals surface area (Å²) in [7, 11) is 3.53. The van der Waals surface area contributed by atoms with Gasteiger partial charge in [-0.15, -0.1) is 0 Å². The lowest BCUT2D eigenvalue weighted by Gasteiger charge is -2.17. The predicted molar refractivity (Wildman–Crippen MR) is 75.2 cm³/mol. The van der Waals surface area contributed by atoms with Crippen LogP contribution in [-0.4, -0.2) is 27.6 Å². The summed E-state index contributed by atoms with van der Waals surface area (Å²) in [5.41, 5.74) is 2.34. The topological polar surface area (TPSA) is 38.1 Å². The van der Waals surface area contributed by atoms with Gasteiger partial charge in [-0.2, -0.15) is 5.10 Å². The highest BCUT2D eigenvalue weighted by Crippen LogP contribution is 2.17. The van der Waals surface area contributed by atoms with Gasteiger partial charge in [-0.25, -0.2) is 0 Å². The molecule has 0 bridgehead atoms. The minimum absolute atomic E-state index is 0.0666. The summed E-state index contributed by atoms with van der Waals surface area (Å²) < 4.78 is 1.60. The monoisotopic (exact) mass is 277 g/mol. The number of carbonyl (C=O) groups excluding carboxylic acids is 1. The molecule has 0 atom stereocenters. The van der Waals surface area contributed by atoms with Crippen molar-refractivity contribution in [1.29, 1.82) is 0 Å². The van der Waals surface area contributed by atoms with Crippen LogP contribution < -0.4 is 0 Å². The summed E-state index contributed by atoms with van der Waals surface area (Å²) in [4.78, 5) is 14.0. The van der Waals surface area contributed by atoms with Gasteiger partial charge in [0.05, 0.1) is 5.69 Å². The fraction of sp³-hybridized carbons (Fsp3) is 0.286. The Balaban J connectivity index is 2.16. The van der Waals surface area contributed by atoms with E-state index < -0.39 is 0 Å². The summed E-state index contributed by atoms with van der Waals surface area (Å²) in [5.74, 6) is -0.0666. The number of halogens is 1. The fourth-order valence-corrected chi connectivity index (χ4v) is 2.16. The Kier molecular flexibility index (Phi) is 3.90. The second-order valence-corrected chi connectivity index (χ2v) is 4.95. The summed E-state index contributed by atoms with van der Waals surface area (Å²) >= 11 is 6.10. The van der Waals surface area contributed by atoms with E-state index in [1.165, 1.54) is 0 Å². The van der Waals surface area contributed by atoms with Crippen LogP contribution in [0.3, 0.4) is 0 Å². The molecule has 5 heteroatoms. The fourth-order valence-electron chi connectivity index (χ4n) is 1.96. The van der Waals surface area contributed by atoms with Crippen LogP contribution in [0, 0.1) is 6.92 Å². The molecule has 2 rings (SSSR count). The molecule has 0 spiro atoms. The summed E-state index contributed by atoms with van der Waals surface area (Å²) in [5, 5.41) is 4.85. The van der Waals surface area contributed by atoms with Crippen molar-refractivity contribution in [3.63, 3.8) is 0 Å². The van der Waals surface area contributed by atoms with Crippen molar-refractivity contribution in [2.45, 2.75) is 13.5 Å². The smallest absolute Gasteiger partial charge is 0.272 e. The highest BCUT2D eigenvalue weighted by molar-refractivity contribution is 6.31. The van der Waals surface area contributed by atoms with Crippen molar-refractivity contribution in [1.82, 2.24) is 14.7 Å². The first-order valence-electron chi connectivity index (χ1n) is 5.98. The van der Waals surface area contributed by atoms with Crippen molar-refractivity contribution < 1.29 is 4.79 Å². The normalized spacial score (nSPS) is 10.5. The van der Waals surface area contributed by atoms with E-state index in [1.54, 1.807) is 29.7 Å². The standard InChI is InChI=1S/C14H16ClN3O/c1-10-8-13(18(3)16-10)14(19)17(2)9-11-6-4-5-7-12(11)15/h4-8H,9H2,1-3H3. The molecule has 0 saturated heterocycles. The van der Waals surface area contributed by atoms with Crippen LogP contribution in [0.15, 0.2) is 30.3 Å². The number of benzene rings is 1. The molecule has 0 aliphatic heterocycles. The third-order valence-corrected chi connectivity index (χ3v) is 3.30. The Labute approximate surface area is 117 Å². The van der Waals surface area contributed by atoms with Crippen molar-refractivity contribution in [3.8, 4) is 0 Å². The number of rotatable bonds is 3. The Hall–Kier alpha value is -1.81. The van der Waals surface area contributed by atoms with Crippen molar-refractivity contribution in [3.05, 3.63) is 52.3 Å². The van der Waals surface area contributed by atoms with Crippen molar-refractivity contribution in [2.75, 3.05) is 7.05 Å². The van der Waals surface area contributed by atoms with Gasteiger partial charge in [0.1, 0.15) is 5.69 Å². The zero-order valence-electron chi connectivity index (χ0n) is 11.2. The predicted octanol–water partition coefficient (Wildman–Crippen LogP) is 2.65.